The fourth-order valence-corrected chi connectivity index (χ4v) is 1.88. The van der Waals surface area contributed by atoms with E-state index in [1.807, 2.05) is 0 Å². The Morgan fingerprint density at radius 3 is 2.00 bits per heavy atom. The van der Waals surface area contributed by atoms with Crippen LogP contribution in [-0.2, 0) is 0 Å². The third-order valence-corrected chi connectivity index (χ3v) is 2.59. The van der Waals surface area contributed by atoms with Gasteiger partial charge in [-0.15, -0.1) is 0 Å². The Kier molecular flexibility index (Phi) is 3.61. The molecule has 0 aliphatic heterocycles. The minimum absolute atomic E-state index is 0.0145. The number of phenols is 1. The molecule has 1 aromatic rings. The van der Waals surface area contributed by atoms with Crippen LogP contribution >= 0.6 is 23.2 Å². The minimum Gasteiger partial charge on any atom is -0.508 e. The molecule has 5 heteroatoms. The van der Waals surface area contributed by atoms with Crippen molar-refractivity contribution >= 4 is 23.2 Å². The molecule has 0 aromatic heterocycles. The number of nitrogens with two attached hydrogens (primary N) is 2. The number of benzene rings is 1. The van der Waals surface area contributed by atoms with Crippen molar-refractivity contribution in [3.05, 3.63) is 27.7 Å². The highest BCUT2D eigenvalue weighted by molar-refractivity contribution is 6.36. The fraction of sp³-hybridized carbons (Fsp3) is 0.333. The van der Waals surface area contributed by atoms with Crippen molar-refractivity contribution < 1.29 is 5.11 Å². The molecule has 0 radical (unpaired) electrons. The summed E-state index contributed by atoms with van der Waals surface area (Å²) in [5.41, 5.74) is 12.0. The zero-order valence-electron chi connectivity index (χ0n) is 7.67. The summed E-state index contributed by atoms with van der Waals surface area (Å²) in [4.78, 5) is 0. The summed E-state index contributed by atoms with van der Waals surface area (Å²) in [7, 11) is 0. The molecule has 0 amide bonds. The van der Waals surface area contributed by atoms with Crippen molar-refractivity contribution in [1.29, 1.82) is 0 Å². The van der Waals surface area contributed by atoms with Crippen LogP contribution in [0.3, 0.4) is 0 Å². The van der Waals surface area contributed by atoms with Gasteiger partial charge in [-0.1, -0.05) is 23.2 Å². The topological polar surface area (TPSA) is 72.3 Å². The summed E-state index contributed by atoms with van der Waals surface area (Å²) in [6.07, 6.45) is 0. The summed E-state index contributed by atoms with van der Waals surface area (Å²) < 4.78 is 0. The van der Waals surface area contributed by atoms with Crippen molar-refractivity contribution in [3.63, 3.8) is 0 Å². The van der Waals surface area contributed by atoms with Crippen LogP contribution in [0.15, 0.2) is 12.1 Å². The Morgan fingerprint density at radius 2 is 1.64 bits per heavy atom. The molecule has 1 aromatic carbocycles. The van der Waals surface area contributed by atoms with Gasteiger partial charge in [0.15, 0.2) is 0 Å². The second-order valence-electron chi connectivity index (χ2n) is 3.21. The first-order chi connectivity index (χ1) is 6.43. The highest BCUT2D eigenvalue weighted by Gasteiger charge is 2.18. The van der Waals surface area contributed by atoms with Crippen molar-refractivity contribution in [1.82, 2.24) is 0 Å². The van der Waals surface area contributed by atoms with Crippen LogP contribution in [0.4, 0.5) is 0 Å². The van der Waals surface area contributed by atoms with Crippen molar-refractivity contribution in [2.45, 2.75) is 19.0 Å². The molecule has 3 nitrogen and oxygen atoms in total. The van der Waals surface area contributed by atoms with E-state index in [1.165, 1.54) is 12.1 Å². The van der Waals surface area contributed by atoms with Crippen LogP contribution < -0.4 is 11.5 Å². The van der Waals surface area contributed by atoms with Gasteiger partial charge in [-0.05, 0) is 19.1 Å². The third-order valence-electron chi connectivity index (χ3n) is 1.96. The van der Waals surface area contributed by atoms with Crippen LogP contribution in [-0.4, -0.2) is 11.1 Å². The number of phenolic OH excluding ortho intramolecular Hbond substituents is 1. The van der Waals surface area contributed by atoms with Gasteiger partial charge in [0.1, 0.15) is 5.75 Å². The van der Waals surface area contributed by atoms with E-state index < -0.39 is 6.04 Å². The van der Waals surface area contributed by atoms with Crippen LogP contribution in [0.1, 0.15) is 18.5 Å². The average Bonchev–Trinajstić information content (AvgIpc) is 2.01. The predicted octanol–water partition coefficient (Wildman–Crippen LogP) is 2.05. The quantitative estimate of drug-likeness (QED) is 0.734. The number of hydrogen-bond acceptors (Lipinski definition) is 3. The molecule has 5 N–H and O–H groups in total. The number of halogens is 2. The lowest BCUT2D eigenvalue weighted by Crippen LogP contribution is -2.31. The van der Waals surface area contributed by atoms with E-state index in [2.05, 4.69) is 0 Å². The normalized spacial score (nSPS) is 15.2. The average molecular weight is 235 g/mol. The van der Waals surface area contributed by atoms with E-state index in [0.717, 1.165) is 0 Å². The maximum Gasteiger partial charge on any atom is 0.118 e. The SMILES string of the molecule is CC(N)C(N)c1c(Cl)cc(O)cc1Cl. The Labute approximate surface area is 92.6 Å². The maximum absolute atomic E-state index is 9.20. The second kappa shape index (κ2) is 4.36. The molecular formula is C9H12Cl2N2O. The van der Waals surface area contributed by atoms with Gasteiger partial charge in [0.25, 0.3) is 0 Å². The van der Waals surface area contributed by atoms with Gasteiger partial charge in [0, 0.05) is 17.6 Å². The van der Waals surface area contributed by atoms with Crippen LogP contribution in [0, 0.1) is 0 Å². The van der Waals surface area contributed by atoms with E-state index in [1.54, 1.807) is 6.92 Å². The molecule has 2 unspecified atom stereocenters. The number of rotatable bonds is 2. The number of aromatic hydroxyl groups is 1. The minimum atomic E-state index is -0.435. The van der Waals surface area contributed by atoms with E-state index >= 15 is 0 Å². The highest BCUT2D eigenvalue weighted by Crippen LogP contribution is 2.33. The molecule has 2 atom stereocenters. The molecule has 14 heavy (non-hydrogen) atoms. The highest BCUT2D eigenvalue weighted by atomic mass is 35.5. The third kappa shape index (κ3) is 2.30. The Morgan fingerprint density at radius 1 is 1.21 bits per heavy atom. The standard InChI is InChI=1S/C9H12Cl2N2O/c1-4(12)9(13)8-6(10)2-5(14)3-7(8)11/h2-4,9,14H,12-13H2,1H3. The first-order valence-electron chi connectivity index (χ1n) is 4.12. The van der Waals surface area contributed by atoms with Gasteiger partial charge in [-0.3, -0.25) is 0 Å². The van der Waals surface area contributed by atoms with Gasteiger partial charge >= 0.3 is 0 Å². The van der Waals surface area contributed by atoms with E-state index in [-0.39, 0.29) is 11.8 Å². The summed E-state index contributed by atoms with van der Waals surface area (Å²) in [5, 5.41) is 9.86. The molecular weight excluding hydrogens is 223 g/mol. The summed E-state index contributed by atoms with van der Waals surface area (Å²) in [6, 6.07) is 2.10. The van der Waals surface area contributed by atoms with Gasteiger partial charge < -0.3 is 16.6 Å². The Balaban J connectivity index is 3.20. The molecule has 0 aliphatic carbocycles. The molecule has 0 spiro atoms. The lowest BCUT2D eigenvalue weighted by Gasteiger charge is -2.18. The van der Waals surface area contributed by atoms with Gasteiger partial charge in [0.2, 0.25) is 0 Å². The largest absolute Gasteiger partial charge is 0.508 e. The van der Waals surface area contributed by atoms with Crippen molar-refractivity contribution in [3.8, 4) is 5.75 Å². The summed E-state index contributed by atoms with van der Waals surface area (Å²) in [6.45, 7) is 1.77. The lowest BCUT2D eigenvalue weighted by molar-refractivity contribution is 0.474. The maximum atomic E-state index is 9.20. The second-order valence-corrected chi connectivity index (χ2v) is 4.02. The zero-order chi connectivity index (χ0) is 10.9. The fourth-order valence-electron chi connectivity index (χ4n) is 1.15. The predicted molar refractivity (Wildman–Crippen MR) is 58.7 cm³/mol. The smallest absolute Gasteiger partial charge is 0.118 e. The van der Waals surface area contributed by atoms with Gasteiger partial charge in [-0.25, -0.2) is 0 Å². The van der Waals surface area contributed by atoms with E-state index in [0.29, 0.717) is 15.6 Å². The molecule has 0 fully saturated rings. The Bertz CT molecular complexity index is 319. The van der Waals surface area contributed by atoms with E-state index in [9.17, 15) is 5.11 Å². The molecule has 0 bridgehead atoms. The first kappa shape index (κ1) is 11.6. The summed E-state index contributed by atoms with van der Waals surface area (Å²) >= 11 is 11.8. The zero-order valence-corrected chi connectivity index (χ0v) is 9.18. The molecule has 0 saturated carbocycles. The van der Waals surface area contributed by atoms with Crippen molar-refractivity contribution in [2.75, 3.05) is 0 Å². The van der Waals surface area contributed by atoms with Crippen LogP contribution in [0.5, 0.6) is 5.75 Å². The molecule has 78 valence electrons. The van der Waals surface area contributed by atoms with E-state index in [4.69, 9.17) is 34.7 Å². The van der Waals surface area contributed by atoms with Crippen LogP contribution in [0.25, 0.3) is 0 Å². The van der Waals surface area contributed by atoms with Gasteiger partial charge in [-0.2, -0.15) is 0 Å². The number of hydrogen-bond donors (Lipinski definition) is 3. The molecule has 1 rings (SSSR count). The van der Waals surface area contributed by atoms with Gasteiger partial charge in [0.05, 0.1) is 10.0 Å². The Hall–Kier alpha value is -0.480. The molecule has 0 aliphatic rings. The first-order valence-corrected chi connectivity index (χ1v) is 4.88. The summed E-state index contributed by atoms with van der Waals surface area (Å²) in [5.74, 6) is 0.0145. The molecule has 0 heterocycles. The van der Waals surface area contributed by atoms with Crippen LogP contribution in [0.2, 0.25) is 10.0 Å². The molecule has 0 saturated heterocycles. The monoisotopic (exact) mass is 234 g/mol. The van der Waals surface area contributed by atoms with Crippen molar-refractivity contribution in [2.24, 2.45) is 11.5 Å². The lowest BCUT2D eigenvalue weighted by atomic mass is 10.0.